The Morgan fingerprint density at radius 1 is 1.10 bits per heavy atom. The number of carbonyl (C=O) groups is 1. The minimum atomic E-state index is 0.0229. The van der Waals surface area contributed by atoms with E-state index in [4.69, 9.17) is 9.47 Å². The van der Waals surface area contributed by atoms with Gasteiger partial charge < -0.3 is 9.47 Å². The van der Waals surface area contributed by atoms with E-state index in [2.05, 4.69) is 0 Å². The van der Waals surface area contributed by atoms with E-state index in [0.717, 1.165) is 11.1 Å². The molecule has 0 amide bonds. The van der Waals surface area contributed by atoms with E-state index >= 15 is 0 Å². The van der Waals surface area contributed by atoms with Gasteiger partial charge in [0.05, 0.1) is 7.11 Å². The van der Waals surface area contributed by atoms with Crippen molar-refractivity contribution in [3.63, 3.8) is 0 Å². The van der Waals surface area contributed by atoms with Crippen LogP contribution in [0.4, 0.5) is 0 Å². The quantitative estimate of drug-likeness (QED) is 0.775. The third-order valence-electron chi connectivity index (χ3n) is 3.13. The molecule has 2 aromatic rings. The van der Waals surface area contributed by atoms with E-state index in [0.29, 0.717) is 23.7 Å². The Kier molecular flexibility index (Phi) is 4.41. The predicted molar refractivity (Wildman–Crippen MR) is 78.5 cm³/mol. The minimum absolute atomic E-state index is 0.0229. The monoisotopic (exact) mass is 270 g/mol. The van der Waals surface area contributed by atoms with Crippen molar-refractivity contribution in [1.29, 1.82) is 0 Å². The van der Waals surface area contributed by atoms with E-state index in [1.165, 1.54) is 0 Å². The standard InChI is InChI=1S/C17H18O3/c1-12-9-16(19-3)17(10-15(12)13(2)18)20-11-14-7-5-4-6-8-14/h4-10H,11H2,1-3H3. The number of carbonyl (C=O) groups excluding carboxylic acids is 1. The van der Waals surface area contributed by atoms with E-state index in [9.17, 15) is 4.79 Å². The van der Waals surface area contributed by atoms with E-state index in [1.807, 2.05) is 43.3 Å². The molecule has 0 unspecified atom stereocenters. The molecule has 3 heteroatoms. The fraction of sp³-hybridized carbons (Fsp3) is 0.235. The summed E-state index contributed by atoms with van der Waals surface area (Å²) < 4.78 is 11.1. The van der Waals surface area contributed by atoms with Crippen LogP contribution in [0.25, 0.3) is 0 Å². The summed E-state index contributed by atoms with van der Waals surface area (Å²) >= 11 is 0. The number of hydrogen-bond donors (Lipinski definition) is 0. The van der Waals surface area contributed by atoms with Gasteiger partial charge in [0.15, 0.2) is 17.3 Å². The van der Waals surface area contributed by atoms with Crippen molar-refractivity contribution >= 4 is 5.78 Å². The summed E-state index contributed by atoms with van der Waals surface area (Å²) in [5, 5.41) is 0. The highest BCUT2D eigenvalue weighted by Gasteiger charge is 2.12. The molecule has 0 heterocycles. The molecule has 0 radical (unpaired) electrons. The van der Waals surface area contributed by atoms with E-state index in [1.54, 1.807) is 20.1 Å². The molecule has 2 aromatic carbocycles. The average molecular weight is 270 g/mol. The number of methoxy groups -OCH3 is 1. The van der Waals surface area contributed by atoms with Gasteiger partial charge in [0.1, 0.15) is 6.61 Å². The van der Waals surface area contributed by atoms with Crippen molar-refractivity contribution in [1.82, 2.24) is 0 Å². The first-order chi connectivity index (χ1) is 9.61. The van der Waals surface area contributed by atoms with Gasteiger partial charge in [0.25, 0.3) is 0 Å². The van der Waals surface area contributed by atoms with Crippen molar-refractivity contribution in [3.8, 4) is 11.5 Å². The molecule has 0 saturated carbocycles. The van der Waals surface area contributed by atoms with Crippen LogP contribution in [0, 0.1) is 6.92 Å². The number of aryl methyl sites for hydroxylation is 1. The maximum absolute atomic E-state index is 11.6. The minimum Gasteiger partial charge on any atom is -0.493 e. The molecule has 0 aromatic heterocycles. The molecule has 104 valence electrons. The summed E-state index contributed by atoms with van der Waals surface area (Å²) in [4.78, 5) is 11.6. The molecule has 0 aliphatic heterocycles. The van der Waals surface area contributed by atoms with Gasteiger partial charge in [-0.1, -0.05) is 30.3 Å². The number of ketones is 1. The normalized spacial score (nSPS) is 10.2. The second-order valence-electron chi connectivity index (χ2n) is 4.65. The first kappa shape index (κ1) is 14.1. The third kappa shape index (κ3) is 3.18. The second-order valence-corrected chi connectivity index (χ2v) is 4.65. The van der Waals surface area contributed by atoms with Crippen LogP contribution in [0.15, 0.2) is 42.5 Å². The molecule has 3 nitrogen and oxygen atoms in total. The summed E-state index contributed by atoms with van der Waals surface area (Å²) in [6.45, 7) is 3.88. The van der Waals surface area contributed by atoms with Crippen LogP contribution >= 0.6 is 0 Å². The summed E-state index contributed by atoms with van der Waals surface area (Å²) in [6.07, 6.45) is 0. The largest absolute Gasteiger partial charge is 0.493 e. The summed E-state index contributed by atoms with van der Waals surface area (Å²) in [7, 11) is 1.59. The van der Waals surface area contributed by atoms with Gasteiger partial charge in [0, 0.05) is 5.56 Å². The Labute approximate surface area is 119 Å². The van der Waals surface area contributed by atoms with Crippen LogP contribution in [-0.4, -0.2) is 12.9 Å². The van der Waals surface area contributed by atoms with Gasteiger partial charge in [-0.15, -0.1) is 0 Å². The zero-order valence-electron chi connectivity index (χ0n) is 12.0. The van der Waals surface area contributed by atoms with Crippen LogP contribution in [-0.2, 0) is 6.61 Å². The van der Waals surface area contributed by atoms with Crippen LogP contribution in [0.5, 0.6) is 11.5 Å². The van der Waals surface area contributed by atoms with Gasteiger partial charge in [-0.2, -0.15) is 0 Å². The topological polar surface area (TPSA) is 35.5 Å². The number of Topliss-reactive ketones (excluding diaryl/α,β-unsaturated/α-hetero) is 1. The fourth-order valence-corrected chi connectivity index (χ4v) is 2.05. The van der Waals surface area contributed by atoms with Crippen LogP contribution in [0.2, 0.25) is 0 Å². The molecule has 0 fully saturated rings. The lowest BCUT2D eigenvalue weighted by Crippen LogP contribution is -2.02. The Hall–Kier alpha value is -2.29. The Morgan fingerprint density at radius 3 is 2.40 bits per heavy atom. The van der Waals surface area contributed by atoms with Crippen molar-refractivity contribution in [2.45, 2.75) is 20.5 Å². The zero-order chi connectivity index (χ0) is 14.5. The van der Waals surface area contributed by atoms with Gasteiger partial charge in [-0.3, -0.25) is 4.79 Å². The number of ether oxygens (including phenoxy) is 2. The molecule has 0 aliphatic carbocycles. The van der Waals surface area contributed by atoms with Crippen molar-refractivity contribution in [3.05, 3.63) is 59.2 Å². The second kappa shape index (κ2) is 6.24. The lowest BCUT2D eigenvalue weighted by atomic mass is 10.0. The van der Waals surface area contributed by atoms with E-state index in [-0.39, 0.29) is 5.78 Å². The number of benzene rings is 2. The smallest absolute Gasteiger partial charge is 0.162 e. The molecular formula is C17H18O3. The van der Waals surface area contributed by atoms with Gasteiger partial charge in [0.2, 0.25) is 0 Å². The molecule has 0 saturated heterocycles. The molecule has 0 bridgehead atoms. The number of hydrogen-bond acceptors (Lipinski definition) is 3. The van der Waals surface area contributed by atoms with Crippen LogP contribution in [0.3, 0.4) is 0 Å². The first-order valence-corrected chi connectivity index (χ1v) is 6.48. The average Bonchev–Trinajstić information content (AvgIpc) is 2.46. The van der Waals surface area contributed by atoms with Gasteiger partial charge >= 0.3 is 0 Å². The number of rotatable bonds is 5. The summed E-state index contributed by atoms with van der Waals surface area (Å²) in [5.41, 5.74) is 2.62. The zero-order valence-corrected chi connectivity index (χ0v) is 12.0. The molecule has 0 aliphatic rings. The SMILES string of the molecule is COc1cc(C)c(C(C)=O)cc1OCc1ccccc1. The Bertz CT molecular complexity index is 603. The molecule has 0 N–H and O–H groups in total. The van der Waals surface area contributed by atoms with Gasteiger partial charge in [-0.05, 0) is 37.1 Å². The fourth-order valence-electron chi connectivity index (χ4n) is 2.05. The maximum atomic E-state index is 11.6. The highest BCUT2D eigenvalue weighted by Crippen LogP contribution is 2.31. The Morgan fingerprint density at radius 2 is 1.80 bits per heavy atom. The highest BCUT2D eigenvalue weighted by molar-refractivity contribution is 5.96. The third-order valence-corrected chi connectivity index (χ3v) is 3.13. The predicted octanol–water partition coefficient (Wildman–Crippen LogP) is 3.79. The molecule has 0 atom stereocenters. The van der Waals surface area contributed by atoms with Crippen molar-refractivity contribution in [2.24, 2.45) is 0 Å². The van der Waals surface area contributed by atoms with Crippen molar-refractivity contribution in [2.75, 3.05) is 7.11 Å². The lowest BCUT2D eigenvalue weighted by Gasteiger charge is -2.13. The summed E-state index contributed by atoms with van der Waals surface area (Å²) in [5.74, 6) is 1.25. The first-order valence-electron chi connectivity index (χ1n) is 6.48. The van der Waals surface area contributed by atoms with Crippen LogP contribution in [0.1, 0.15) is 28.4 Å². The molecular weight excluding hydrogens is 252 g/mol. The molecule has 20 heavy (non-hydrogen) atoms. The van der Waals surface area contributed by atoms with Gasteiger partial charge in [-0.25, -0.2) is 0 Å². The van der Waals surface area contributed by atoms with E-state index < -0.39 is 0 Å². The van der Waals surface area contributed by atoms with Crippen LogP contribution < -0.4 is 9.47 Å². The molecule has 0 spiro atoms. The van der Waals surface area contributed by atoms with Crippen molar-refractivity contribution < 1.29 is 14.3 Å². The summed E-state index contributed by atoms with van der Waals surface area (Å²) in [6, 6.07) is 13.5. The molecule has 2 rings (SSSR count). The highest BCUT2D eigenvalue weighted by atomic mass is 16.5. The maximum Gasteiger partial charge on any atom is 0.162 e. The Balaban J connectivity index is 2.25. The lowest BCUT2D eigenvalue weighted by molar-refractivity contribution is 0.101.